The number of carbonyl (C=O) groups is 1. The molecule has 2 rings (SSSR count). The van der Waals surface area contributed by atoms with Crippen LogP contribution in [-0.2, 0) is 4.74 Å². The summed E-state index contributed by atoms with van der Waals surface area (Å²) in [4.78, 5) is 19.6. The Kier molecular flexibility index (Phi) is 4.09. The standard InChI is InChI=1S/C12H18N4O2/c1-2-10-8(3-4-18-10)5-16-12(17)9-6-15-11(13)7-14-9/h6-8,10H,2-5H2,1H3,(H2,13,15)(H,16,17). The highest BCUT2D eigenvalue weighted by atomic mass is 16.5. The van der Waals surface area contributed by atoms with E-state index in [2.05, 4.69) is 22.2 Å². The molecule has 0 radical (unpaired) electrons. The van der Waals surface area contributed by atoms with Crippen molar-refractivity contribution < 1.29 is 9.53 Å². The second-order valence-corrected chi connectivity index (χ2v) is 4.40. The second kappa shape index (κ2) is 5.77. The van der Waals surface area contributed by atoms with E-state index >= 15 is 0 Å². The predicted molar refractivity (Wildman–Crippen MR) is 66.9 cm³/mol. The third-order valence-corrected chi connectivity index (χ3v) is 3.18. The lowest BCUT2D eigenvalue weighted by Crippen LogP contribution is -2.33. The third-order valence-electron chi connectivity index (χ3n) is 3.18. The van der Waals surface area contributed by atoms with Crippen molar-refractivity contribution in [2.45, 2.75) is 25.9 Å². The van der Waals surface area contributed by atoms with Crippen molar-refractivity contribution in [1.82, 2.24) is 15.3 Å². The van der Waals surface area contributed by atoms with Gasteiger partial charge in [-0.2, -0.15) is 0 Å². The number of ether oxygens (including phenoxy) is 1. The van der Waals surface area contributed by atoms with Crippen LogP contribution in [0.25, 0.3) is 0 Å². The Bertz CT molecular complexity index is 407. The summed E-state index contributed by atoms with van der Waals surface area (Å²) in [6.45, 7) is 3.49. The molecule has 18 heavy (non-hydrogen) atoms. The minimum Gasteiger partial charge on any atom is -0.382 e. The molecule has 1 aliphatic heterocycles. The molecule has 3 N–H and O–H groups in total. The molecule has 0 bridgehead atoms. The number of carbonyl (C=O) groups excluding carboxylic acids is 1. The number of hydrogen-bond acceptors (Lipinski definition) is 5. The van der Waals surface area contributed by atoms with Gasteiger partial charge in [0.15, 0.2) is 0 Å². The van der Waals surface area contributed by atoms with Gasteiger partial charge in [-0.1, -0.05) is 6.92 Å². The van der Waals surface area contributed by atoms with Gasteiger partial charge < -0.3 is 15.8 Å². The molecule has 1 fully saturated rings. The van der Waals surface area contributed by atoms with Crippen molar-refractivity contribution in [1.29, 1.82) is 0 Å². The molecule has 1 aromatic heterocycles. The van der Waals surface area contributed by atoms with Crippen LogP contribution in [0.3, 0.4) is 0 Å². The number of nitrogens with two attached hydrogens (primary N) is 1. The molecule has 1 amide bonds. The van der Waals surface area contributed by atoms with Crippen LogP contribution in [-0.4, -0.2) is 35.1 Å². The second-order valence-electron chi connectivity index (χ2n) is 4.40. The topological polar surface area (TPSA) is 90.1 Å². The van der Waals surface area contributed by atoms with Gasteiger partial charge in [-0.15, -0.1) is 0 Å². The first-order chi connectivity index (χ1) is 8.70. The number of nitrogens with zero attached hydrogens (tertiary/aromatic N) is 2. The highest BCUT2D eigenvalue weighted by Crippen LogP contribution is 2.22. The summed E-state index contributed by atoms with van der Waals surface area (Å²) in [7, 11) is 0. The molecule has 6 nitrogen and oxygen atoms in total. The summed E-state index contributed by atoms with van der Waals surface area (Å²) >= 11 is 0. The summed E-state index contributed by atoms with van der Waals surface area (Å²) < 4.78 is 5.57. The number of hydrogen-bond donors (Lipinski definition) is 2. The summed E-state index contributed by atoms with van der Waals surface area (Å²) in [6, 6.07) is 0. The first-order valence-electron chi connectivity index (χ1n) is 6.18. The molecule has 6 heteroatoms. The lowest BCUT2D eigenvalue weighted by molar-refractivity contribution is 0.0825. The van der Waals surface area contributed by atoms with Crippen LogP contribution in [0.1, 0.15) is 30.3 Å². The monoisotopic (exact) mass is 250 g/mol. The van der Waals surface area contributed by atoms with Gasteiger partial charge in [0, 0.05) is 19.1 Å². The Hall–Kier alpha value is -1.69. The number of rotatable bonds is 4. The SMILES string of the molecule is CCC1OCCC1CNC(=O)c1cnc(N)cn1. The van der Waals surface area contributed by atoms with Gasteiger partial charge in [0.2, 0.25) is 0 Å². The molecule has 2 unspecified atom stereocenters. The Balaban J connectivity index is 1.86. The van der Waals surface area contributed by atoms with Gasteiger partial charge in [0.25, 0.3) is 5.91 Å². The van der Waals surface area contributed by atoms with Crippen LogP contribution in [0.4, 0.5) is 5.82 Å². The molecule has 0 spiro atoms. The predicted octanol–water partition coefficient (Wildman–Crippen LogP) is 0.604. The van der Waals surface area contributed by atoms with E-state index in [0.717, 1.165) is 19.4 Å². The molecule has 1 aromatic rings. The largest absolute Gasteiger partial charge is 0.382 e. The average Bonchev–Trinajstić information content (AvgIpc) is 2.84. The fraction of sp³-hybridized carbons (Fsp3) is 0.583. The summed E-state index contributed by atoms with van der Waals surface area (Å²) in [5.74, 6) is 0.478. The van der Waals surface area contributed by atoms with E-state index in [4.69, 9.17) is 10.5 Å². The molecular weight excluding hydrogens is 232 g/mol. The van der Waals surface area contributed by atoms with Gasteiger partial charge in [-0.3, -0.25) is 4.79 Å². The van der Waals surface area contributed by atoms with Crippen molar-refractivity contribution in [3.8, 4) is 0 Å². The van der Waals surface area contributed by atoms with Gasteiger partial charge in [0.05, 0.1) is 18.5 Å². The van der Waals surface area contributed by atoms with Crippen LogP contribution in [0.5, 0.6) is 0 Å². The van der Waals surface area contributed by atoms with Gasteiger partial charge in [-0.25, -0.2) is 9.97 Å². The Morgan fingerprint density at radius 1 is 1.56 bits per heavy atom. The smallest absolute Gasteiger partial charge is 0.271 e. The molecule has 2 atom stereocenters. The van der Waals surface area contributed by atoms with E-state index in [1.165, 1.54) is 12.4 Å². The highest BCUT2D eigenvalue weighted by molar-refractivity contribution is 5.91. The maximum atomic E-state index is 11.8. The Morgan fingerprint density at radius 2 is 2.39 bits per heavy atom. The van der Waals surface area contributed by atoms with Crippen LogP contribution in [0.15, 0.2) is 12.4 Å². The fourth-order valence-corrected chi connectivity index (χ4v) is 2.15. The van der Waals surface area contributed by atoms with Crippen molar-refractivity contribution in [3.05, 3.63) is 18.1 Å². The van der Waals surface area contributed by atoms with Crippen LogP contribution in [0, 0.1) is 5.92 Å². The fourth-order valence-electron chi connectivity index (χ4n) is 2.15. The van der Waals surface area contributed by atoms with Gasteiger partial charge in [0.1, 0.15) is 11.5 Å². The maximum absolute atomic E-state index is 11.8. The number of nitrogens with one attached hydrogen (secondary N) is 1. The van der Waals surface area contributed by atoms with Gasteiger partial charge >= 0.3 is 0 Å². The van der Waals surface area contributed by atoms with E-state index < -0.39 is 0 Å². The average molecular weight is 250 g/mol. The Labute approximate surface area is 106 Å². The van der Waals surface area contributed by atoms with Crippen molar-refractivity contribution in [3.63, 3.8) is 0 Å². The van der Waals surface area contributed by atoms with Crippen LogP contribution >= 0.6 is 0 Å². The van der Waals surface area contributed by atoms with Crippen LogP contribution < -0.4 is 11.1 Å². The zero-order valence-electron chi connectivity index (χ0n) is 10.4. The summed E-state index contributed by atoms with van der Waals surface area (Å²) in [5.41, 5.74) is 5.70. The lowest BCUT2D eigenvalue weighted by atomic mass is 10.00. The zero-order valence-corrected chi connectivity index (χ0v) is 10.4. The minimum atomic E-state index is -0.218. The quantitative estimate of drug-likeness (QED) is 0.816. The number of anilines is 1. The molecule has 98 valence electrons. The van der Waals surface area contributed by atoms with E-state index in [1.54, 1.807) is 0 Å². The summed E-state index contributed by atoms with van der Waals surface area (Å²) in [5, 5.41) is 2.86. The van der Waals surface area contributed by atoms with E-state index in [9.17, 15) is 4.79 Å². The minimum absolute atomic E-state index is 0.218. The van der Waals surface area contributed by atoms with Crippen molar-refractivity contribution in [2.75, 3.05) is 18.9 Å². The van der Waals surface area contributed by atoms with E-state index in [0.29, 0.717) is 18.3 Å². The zero-order chi connectivity index (χ0) is 13.0. The maximum Gasteiger partial charge on any atom is 0.271 e. The van der Waals surface area contributed by atoms with E-state index in [1.807, 2.05) is 0 Å². The molecule has 2 heterocycles. The molecule has 0 saturated carbocycles. The normalized spacial score (nSPS) is 22.9. The number of aromatic nitrogens is 2. The van der Waals surface area contributed by atoms with Crippen molar-refractivity contribution in [2.24, 2.45) is 5.92 Å². The first-order valence-corrected chi connectivity index (χ1v) is 6.18. The van der Waals surface area contributed by atoms with Gasteiger partial charge in [-0.05, 0) is 12.8 Å². The molecular formula is C12H18N4O2. The molecule has 1 saturated heterocycles. The Morgan fingerprint density at radius 3 is 3.06 bits per heavy atom. The summed E-state index contributed by atoms with van der Waals surface area (Å²) in [6.07, 6.45) is 4.98. The van der Waals surface area contributed by atoms with Crippen LogP contribution in [0.2, 0.25) is 0 Å². The molecule has 0 aromatic carbocycles. The van der Waals surface area contributed by atoms with E-state index in [-0.39, 0.29) is 17.7 Å². The molecule has 1 aliphatic rings. The number of nitrogen functional groups attached to an aromatic ring is 1. The third kappa shape index (κ3) is 2.95. The highest BCUT2D eigenvalue weighted by Gasteiger charge is 2.27. The lowest BCUT2D eigenvalue weighted by Gasteiger charge is -2.16. The molecule has 0 aliphatic carbocycles. The first kappa shape index (κ1) is 12.8. The van der Waals surface area contributed by atoms with Crippen molar-refractivity contribution >= 4 is 11.7 Å². The number of amides is 1.